The maximum atomic E-state index is 12.7. The molecule has 0 saturated heterocycles. The average molecular weight is 410 g/mol. The molecule has 7 heteroatoms. The third-order valence-electron chi connectivity index (χ3n) is 4.63. The highest BCUT2D eigenvalue weighted by Crippen LogP contribution is 2.26. The number of carbonyl (C=O) groups excluding carboxylic acids is 1. The van der Waals surface area contributed by atoms with Gasteiger partial charge in [-0.15, -0.1) is 0 Å². The van der Waals surface area contributed by atoms with Crippen molar-refractivity contribution in [3.8, 4) is 5.75 Å². The van der Waals surface area contributed by atoms with Gasteiger partial charge in [-0.05, 0) is 67.4 Å². The van der Waals surface area contributed by atoms with Gasteiger partial charge in [-0.2, -0.15) is 0 Å². The topological polar surface area (TPSA) is 84.5 Å². The number of hydrogen-bond donors (Lipinski definition) is 2. The van der Waals surface area contributed by atoms with Gasteiger partial charge in [0.25, 0.3) is 15.9 Å². The zero-order chi connectivity index (χ0) is 21.0. The molecule has 3 aromatic rings. The van der Waals surface area contributed by atoms with Crippen LogP contribution in [0.3, 0.4) is 0 Å². The zero-order valence-electron chi connectivity index (χ0n) is 16.4. The van der Waals surface area contributed by atoms with Gasteiger partial charge in [-0.25, -0.2) is 8.42 Å². The normalized spacial score (nSPS) is 11.0. The molecule has 0 bridgehead atoms. The number of aryl methyl sites for hydroxylation is 1. The van der Waals surface area contributed by atoms with Crippen molar-refractivity contribution in [1.29, 1.82) is 0 Å². The second-order valence-corrected chi connectivity index (χ2v) is 8.21. The second kappa shape index (κ2) is 8.36. The van der Waals surface area contributed by atoms with Crippen molar-refractivity contribution >= 4 is 27.3 Å². The number of hydrogen-bond acceptors (Lipinski definition) is 4. The lowest BCUT2D eigenvalue weighted by molar-refractivity contribution is 0.102. The van der Waals surface area contributed by atoms with Crippen molar-refractivity contribution in [1.82, 2.24) is 0 Å². The van der Waals surface area contributed by atoms with E-state index in [0.29, 0.717) is 17.0 Å². The molecule has 0 aliphatic rings. The summed E-state index contributed by atoms with van der Waals surface area (Å²) < 4.78 is 33.0. The summed E-state index contributed by atoms with van der Waals surface area (Å²) in [5.74, 6) is 0.112. The number of rotatable bonds is 6. The molecule has 0 fully saturated rings. The number of sulfonamides is 1. The Morgan fingerprint density at radius 3 is 2.21 bits per heavy atom. The van der Waals surface area contributed by atoms with Gasteiger partial charge in [0.1, 0.15) is 5.75 Å². The van der Waals surface area contributed by atoms with Crippen LogP contribution >= 0.6 is 0 Å². The minimum atomic E-state index is -3.82. The molecule has 150 valence electrons. The van der Waals surface area contributed by atoms with E-state index in [0.717, 1.165) is 16.8 Å². The van der Waals surface area contributed by atoms with E-state index < -0.39 is 10.0 Å². The molecular formula is C22H22N2O4S. The fourth-order valence-corrected chi connectivity index (χ4v) is 3.87. The first kappa shape index (κ1) is 20.4. The number of methoxy groups -OCH3 is 1. The highest BCUT2D eigenvalue weighted by atomic mass is 32.2. The van der Waals surface area contributed by atoms with Crippen LogP contribution in [0.1, 0.15) is 21.5 Å². The van der Waals surface area contributed by atoms with Crippen LogP contribution in [0.4, 0.5) is 11.4 Å². The van der Waals surface area contributed by atoms with Gasteiger partial charge >= 0.3 is 0 Å². The Hall–Kier alpha value is -3.32. The highest BCUT2D eigenvalue weighted by Gasteiger charge is 2.17. The van der Waals surface area contributed by atoms with Crippen LogP contribution in [0, 0.1) is 13.8 Å². The van der Waals surface area contributed by atoms with Gasteiger partial charge in [-0.3, -0.25) is 9.52 Å². The standard InChI is InChI=1S/C22H22N2O4S/c1-15-7-6-9-19(16(15)2)23-22(25)17-11-13-18(14-12-17)29(26,27)24-20-8-4-5-10-21(20)28-3/h4-14,24H,1-3H3,(H,23,25). The molecule has 29 heavy (non-hydrogen) atoms. The molecule has 0 saturated carbocycles. The quantitative estimate of drug-likeness (QED) is 0.632. The molecule has 0 heterocycles. The van der Waals surface area contributed by atoms with Gasteiger partial charge in [0.2, 0.25) is 0 Å². The number of nitrogens with one attached hydrogen (secondary N) is 2. The minimum Gasteiger partial charge on any atom is -0.495 e. The zero-order valence-corrected chi connectivity index (χ0v) is 17.2. The third kappa shape index (κ3) is 4.57. The number of benzene rings is 3. The van der Waals surface area contributed by atoms with Crippen LogP contribution in [-0.2, 0) is 10.0 Å². The average Bonchev–Trinajstić information content (AvgIpc) is 2.71. The smallest absolute Gasteiger partial charge is 0.262 e. The third-order valence-corrected chi connectivity index (χ3v) is 6.01. The summed E-state index contributed by atoms with van der Waals surface area (Å²) in [6.45, 7) is 3.91. The van der Waals surface area contributed by atoms with Gasteiger partial charge in [0.15, 0.2) is 0 Å². The first-order valence-corrected chi connectivity index (χ1v) is 10.4. The Bertz CT molecular complexity index is 1140. The van der Waals surface area contributed by atoms with Crippen LogP contribution in [0.15, 0.2) is 71.6 Å². The number of amides is 1. The van der Waals surface area contributed by atoms with E-state index >= 15 is 0 Å². The van der Waals surface area contributed by atoms with E-state index in [1.807, 2.05) is 32.0 Å². The number of carbonyl (C=O) groups is 1. The molecule has 0 radical (unpaired) electrons. The summed E-state index contributed by atoms with van der Waals surface area (Å²) in [5.41, 5.74) is 3.49. The summed E-state index contributed by atoms with van der Waals surface area (Å²) in [4.78, 5) is 12.6. The Labute approximate surface area is 170 Å². The van der Waals surface area contributed by atoms with Crippen molar-refractivity contribution in [2.75, 3.05) is 17.1 Å². The molecule has 2 N–H and O–H groups in total. The van der Waals surface area contributed by atoms with Crippen molar-refractivity contribution in [3.05, 3.63) is 83.4 Å². The molecule has 3 rings (SSSR count). The number of para-hydroxylation sites is 2. The van der Waals surface area contributed by atoms with Gasteiger partial charge < -0.3 is 10.1 Å². The SMILES string of the molecule is COc1ccccc1NS(=O)(=O)c1ccc(C(=O)Nc2cccc(C)c2C)cc1. The van der Waals surface area contributed by atoms with Crippen LogP contribution in [-0.4, -0.2) is 21.4 Å². The Kier molecular flexibility index (Phi) is 5.89. The van der Waals surface area contributed by atoms with Crippen LogP contribution in [0.5, 0.6) is 5.75 Å². The molecule has 0 unspecified atom stereocenters. The van der Waals surface area contributed by atoms with Crippen LogP contribution in [0.25, 0.3) is 0 Å². The molecule has 0 aromatic heterocycles. The van der Waals surface area contributed by atoms with E-state index in [1.165, 1.54) is 31.4 Å². The molecule has 0 atom stereocenters. The summed E-state index contributed by atoms with van der Waals surface area (Å²) >= 11 is 0. The Morgan fingerprint density at radius 2 is 1.52 bits per heavy atom. The lowest BCUT2D eigenvalue weighted by atomic mass is 10.1. The summed E-state index contributed by atoms with van der Waals surface area (Å²) in [6, 6.07) is 18.2. The van der Waals surface area contributed by atoms with E-state index in [4.69, 9.17) is 4.74 Å². The molecule has 0 spiro atoms. The molecule has 0 aliphatic carbocycles. The van der Waals surface area contributed by atoms with Crippen molar-refractivity contribution < 1.29 is 17.9 Å². The predicted octanol–water partition coefficient (Wildman–Crippen LogP) is 4.37. The monoisotopic (exact) mass is 410 g/mol. The Balaban J connectivity index is 1.78. The van der Waals surface area contributed by atoms with E-state index in [1.54, 1.807) is 24.3 Å². The van der Waals surface area contributed by atoms with Crippen LogP contribution < -0.4 is 14.8 Å². The molecule has 3 aromatic carbocycles. The first-order chi connectivity index (χ1) is 13.8. The van der Waals surface area contributed by atoms with E-state index in [2.05, 4.69) is 10.0 Å². The molecule has 6 nitrogen and oxygen atoms in total. The van der Waals surface area contributed by atoms with Crippen LogP contribution in [0.2, 0.25) is 0 Å². The Morgan fingerprint density at radius 1 is 0.862 bits per heavy atom. The van der Waals surface area contributed by atoms with E-state index in [-0.39, 0.29) is 10.8 Å². The number of ether oxygens (including phenoxy) is 1. The fraction of sp³-hybridized carbons (Fsp3) is 0.136. The number of anilines is 2. The van der Waals surface area contributed by atoms with Gasteiger partial charge in [0.05, 0.1) is 17.7 Å². The lowest BCUT2D eigenvalue weighted by Crippen LogP contribution is -2.15. The molecule has 1 amide bonds. The largest absolute Gasteiger partial charge is 0.495 e. The van der Waals surface area contributed by atoms with Crippen molar-refractivity contribution in [2.24, 2.45) is 0 Å². The van der Waals surface area contributed by atoms with E-state index in [9.17, 15) is 13.2 Å². The molecule has 0 aliphatic heterocycles. The minimum absolute atomic E-state index is 0.0479. The van der Waals surface area contributed by atoms with Crippen molar-refractivity contribution in [3.63, 3.8) is 0 Å². The lowest BCUT2D eigenvalue weighted by Gasteiger charge is -2.12. The van der Waals surface area contributed by atoms with Gasteiger partial charge in [-0.1, -0.05) is 24.3 Å². The van der Waals surface area contributed by atoms with Gasteiger partial charge in [0, 0.05) is 11.3 Å². The molecular weight excluding hydrogens is 388 g/mol. The fourth-order valence-electron chi connectivity index (χ4n) is 2.80. The highest BCUT2D eigenvalue weighted by molar-refractivity contribution is 7.92. The van der Waals surface area contributed by atoms with Crippen molar-refractivity contribution in [2.45, 2.75) is 18.7 Å². The summed E-state index contributed by atoms with van der Waals surface area (Å²) in [6.07, 6.45) is 0. The first-order valence-electron chi connectivity index (χ1n) is 8.95. The summed E-state index contributed by atoms with van der Waals surface area (Å²) in [7, 11) is -2.35. The predicted molar refractivity (Wildman–Crippen MR) is 114 cm³/mol. The maximum absolute atomic E-state index is 12.7. The summed E-state index contributed by atoms with van der Waals surface area (Å²) in [5, 5.41) is 2.86. The second-order valence-electron chi connectivity index (χ2n) is 6.53. The maximum Gasteiger partial charge on any atom is 0.262 e.